The van der Waals surface area contributed by atoms with E-state index >= 15 is 0 Å². The lowest BCUT2D eigenvalue weighted by Gasteiger charge is -2.21. The molecule has 3 rings (SSSR count). The molecule has 1 aromatic rings. The standard InChI is InChI=1S/C14H16N2O2/c17-12-10-14(12,11-6-2-1-3-7-11)15-13(18)16-8-4-5-9-16/h1-3,6-7H,4-5,8-10H2,(H,15,18)/t14-/m1/s1. The first-order valence-electron chi connectivity index (χ1n) is 6.38. The summed E-state index contributed by atoms with van der Waals surface area (Å²) in [4.78, 5) is 25.6. The van der Waals surface area contributed by atoms with Crippen LogP contribution in [0.2, 0.25) is 0 Å². The number of nitrogens with one attached hydrogen (secondary N) is 1. The highest BCUT2D eigenvalue weighted by atomic mass is 16.2. The quantitative estimate of drug-likeness (QED) is 0.860. The summed E-state index contributed by atoms with van der Waals surface area (Å²) >= 11 is 0. The van der Waals surface area contributed by atoms with Crippen LogP contribution < -0.4 is 5.32 Å². The van der Waals surface area contributed by atoms with Gasteiger partial charge in [-0.05, 0) is 18.4 Å². The van der Waals surface area contributed by atoms with Gasteiger partial charge < -0.3 is 10.2 Å². The van der Waals surface area contributed by atoms with Crippen LogP contribution in [0.25, 0.3) is 0 Å². The molecule has 0 spiro atoms. The Labute approximate surface area is 106 Å². The van der Waals surface area contributed by atoms with Gasteiger partial charge in [-0.25, -0.2) is 4.79 Å². The molecule has 1 N–H and O–H groups in total. The summed E-state index contributed by atoms with van der Waals surface area (Å²) in [6, 6.07) is 9.38. The van der Waals surface area contributed by atoms with Crippen LogP contribution in [0.3, 0.4) is 0 Å². The van der Waals surface area contributed by atoms with Crippen LogP contribution in [0.1, 0.15) is 24.8 Å². The molecule has 4 heteroatoms. The Hall–Kier alpha value is -1.84. The summed E-state index contributed by atoms with van der Waals surface area (Å²) in [6.07, 6.45) is 2.52. The first-order valence-corrected chi connectivity index (χ1v) is 6.38. The van der Waals surface area contributed by atoms with Gasteiger partial charge in [0.25, 0.3) is 0 Å². The lowest BCUT2D eigenvalue weighted by atomic mass is 10.1. The van der Waals surface area contributed by atoms with Crippen molar-refractivity contribution < 1.29 is 9.59 Å². The number of hydrogen-bond donors (Lipinski definition) is 1. The summed E-state index contributed by atoms with van der Waals surface area (Å²) in [5.41, 5.74) is 0.142. The summed E-state index contributed by atoms with van der Waals surface area (Å²) in [6.45, 7) is 1.59. The van der Waals surface area contributed by atoms with Crippen molar-refractivity contribution in [1.82, 2.24) is 10.2 Å². The number of nitrogens with zero attached hydrogens (tertiary/aromatic N) is 1. The third-order valence-corrected chi connectivity index (χ3v) is 3.76. The number of carbonyl (C=O) groups excluding carboxylic acids is 2. The molecular weight excluding hydrogens is 228 g/mol. The number of rotatable bonds is 2. The molecule has 0 radical (unpaired) electrons. The summed E-state index contributed by atoms with van der Waals surface area (Å²) < 4.78 is 0. The van der Waals surface area contributed by atoms with E-state index in [2.05, 4.69) is 5.32 Å². The second-order valence-corrected chi connectivity index (χ2v) is 5.00. The fourth-order valence-corrected chi connectivity index (χ4v) is 2.55. The molecule has 2 fully saturated rings. The van der Waals surface area contributed by atoms with Crippen molar-refractivity contribution in [2.45, 2.75) is 24.8 Å². The second-order valence-electron chi connectivity index (χ2n) is 5.00. The Kier molecular flexibility index (Phi) is 2.58. The molecule has 1 aromatic carbocycles. The molecule has 1 saturated heterocycles. The van der Waals surface area contributed by atoms with Gasteiger partial charge >= 0.3 is 6.03 Å². The highest BCUT2D eigenvalue weighted by molar-refractivity contribution is 6.08. The topological polar surface area (TPSA) is 49.4 Å². The Bertz CT molecular complexity index is 480. The maximum absolute atomic E-state index is 12.1. The van der Waals surface area contributed by atoms with E-state index in [1.165, 1.54) is 0 Å². The molecule has 94 valence electrons. The number of hydrogen-bond acceptors (Lipinski definition) is 2. The minimum Gasteiger partial charge on any atom is -0.325 e. The van der Waals surface area contributed by atoms with Crippen molar-refractivity contribution in [1.29, 1.82) is 0 Å². The van der Waals surface area contributed by atoms with Crippen molar-refractivity contribution >= 4 is 11.8 Å². The van der Waals surface area contributed by atoms with E-state index in [0.29, 0.717) is 6.42 Å². The van der Waals surface area contributed by atoms with Crippen molar-refractivity contribution in [3.05, 3.63) is 35.9 Å². The number of carbonyl (C=O) groups is 2. The van der Waals surface area contributed by atoms with Crippen molar-refractivity contribution in [2.75, 3.05) is 13.1 Å². The zero-order chi connectivity index (χ0) is 12.6. The van der Waals surface area contributed by atoms with Crippen molar-refractivity contribution in [3.8, 4) is 0 Å². The number of ketones is 1. The molecule has 2 amide bonds. The number of urea groups is 1. The van der Waals surface area contributed by atoms with Crippen molar-refractivity contribution in [2.24, 2.45) is 0 Å². The van der Waals surface area contributed by atoms with E-state index < -0.39 is 5.54 Å². The Morgan fingerprint density at radius 2 is 1.78 bits per heavy atom. The van der Waals surface area contributed by atoms with Crippen LogP contribution in [0.4, 0.5) is 4.79 Å². The fraction of sp³-hybridized carbons (Fsp3) is 0.429. The number of Topliss-reactive ketones (excluding diaryl/α,β-unsaturated/α-hetero) is 1. The molecule has 0 unspecified atom stereocenters. The number of amides is 2. The molecular formula is C14H16N2O2. The largest absolute Gasteiger partial charge is 0.325 e. The smallest absolute Gasteiger partial charge is 0.318 e. The predicted molar refractivity (Wildman–Crippen MR) is 67.1 cm³/mol. The minimum atomic E-state index is -0.749. The summed E-state index contributed by atoms with van der Waals surface area (Å²) in [7, 11) is 0. The van der Waals surface area contributed by atoms with E-state index in [4.69, 9.17) is 0 Å². The van der Waals surface area contributed by atoms with E-state index in [-0.39, 0.29) is 11.8 Å². The SMILES string of the molecule is O=C(N[C@@]1(c2ccccc2)CC1=O)N1CCCC1. The second kappa shape index (κ2) is 4.12. The first kappa shape index (κ1) is 11.3. The van der Waals surface area contributed by atoms with Crippen LogP contribution in [0.15, 0.2) is 30.3 Å². The summed E-state index contributed by atoms with van der Waals surface area (Å²) in [5.74, 6) is 0.0984. The van der Waals surface area contributed by atoms with Gasteiger partial charge in [0.05, 0.1) is 0 Å². The zero-order valence-electron chi connectivity index (χ0n) is 10.2. The summed E-state index contributed by atoms with van der Waals surface area (Å²) in [5, 5.41) is 2.91. The molecule has 0 bridgehead atoms. The van der Waals surface area contributed by atoms with Gasteiger partial charge in [-0.1, -0.05) is 30.3 Å². The Balaban J connectivity index is 1.77. The molecule has 1 atom stereocenters. The van der Waals surface area contributed by atoms with E-state index in [1.54, 1.807) is 4.90 Å². The first-order chi connectivity index (χ1) is 8.72. The number of likely N-dealkylation sites (tertiary alicyclic amines) is 1. The van der Waals surface area contributed by atoms with Gasteiger partial charge in [0.15, 0.2) is 5.78 Å². The van der Waals surface area contributed by atoms with E-state index in [1.807, 2.05) is 30.3 Å². The van der Waals surface area contributed by atoms with Gasteiger partial charge in [-0.2, -0.15) is 0 Å². The third kappa shape index (κ3) is 1.78. The van der Waals surface area contributed by atoms with Gasteiger partial charge in [-0.3, -0.25) is 4.79 Å². The van der Waals surface area contributed by atoms with Gasteiger partial charge in [0, 0.05) is 19.5 Å². The lowest BCUT2D eigenvalue weighted by Crippen LogP contribution is -2.44. The average molecular weight is 244 g/mol. The van der Waals surface area contributed by atoms with Gasteiger partial charge in [0.1, 0.15) is 5.54 Å². The van der Waals surface area contributed by atoms with Crippen LogP contribution in [-0.2, 0) is 10.3 Å². The fourth-order valence-electron chi connectivity index (χ4n) is 2.55. The maximum Gasteiger partial charge on any atom is 0.318 e. The Morgan fingerprint density at radius 3 is 2.33 bits per heavy atom. The lowest BCUT2D eigenvalue weighted by molar-refractivity contribution is -0.112. The molecule has 4 nitrogen and oxygen atoms in total. The molecule has 1 saturated carbocycles. The average Bonchev–Trinajstić information content (AvgIpc) is 2.84. The highest BCUT2D eigenvalue weighted by Crippen LogP contribution is 2.41. The molecule has 1 heterocycles. The van der Waals surface area contributed by atoms with E-state index in [9.17, 15) is 9.59 Å². The Morgan fingerprint density at radius 1 is 1.17 bits per heavy atom. The van der Waals surface area contributed by atoms with Crippen LogP contribution in [0, 0.1) is 0 Å². The van der Waals surface area contributed by atoms with E-state index in [0.717, 1.165) is 31.5 Å². The maximum atomic E-state index is 12.1. The number of benzene rings is 1. The van der Waals surface area contributed by atoms with Crippen LogP contribution in [0.5, 0.6) is 0 Å². The molecule has 1 aliphatic heterocycles. The predicted octanol–water partition coefficient (Wildman–Crippen LogP) is 1.66. The third-order valence-electron chi connectivity index (χ3n) is 3.76. The van der Waals surface area contributed by atoms with Crippen LogP contribution >= 0.6 is 0 Å². The molecule has 2 aliphatic rings. The molecule has 18 heavy (non-hydrogen) atoms. The molecule has 1 aliphatic carbocycles. The molecule has 0 aromatic heterocycles. The monoisotopic (exact) mass is 244 g/mol. The normalized spacial score (nSPS) is 26.2. The van der Waals surface area contributed by atoms with Gasteiger partial charge in [-0.15, -0.1) is 0 Å². The highest BCUT2D eigenvalue weighted by Gasteiger charge is 2.56. The minimum absolute atomic E-state index is 0.0984. The van der Waals surface area contributed by atoms with Crippen molar-refractivity contribution in [3.63, 3.8) is 0 Å². The van der Waals surface area contributed by atoms with Gasteiger partial charge in [0.2, 0.25) is 0 Å². The van der Waals surface area contributed by atoms with Crippen LogP contribution in [-0.4, -0.2) is 29.8 Å². The zero-order valence-corrected chi connectivity index (χ0v) is 10.2.